The molecule has 2 N–H and O–H groups in total. The van der Waals surface area contributed by atoms with Crippen LogP contribution in [0.4, 0.5) is 0 Å². The van der Waals surface area contributed by atoms with Gasteiger partial charge in [-0.15, -0.1) is 0 Å². The zero-order valence-corrected chi connectivity index (χ0v) is 12.4. The summed E-state index contributed by atoms with van der Waals surface area (Å²) in [5.74, 6) is -1.01. The quantitative estimate of drug-likeness (QED) is 0.893. The molecule has 112 valence electrons. The van der Waals surface area contributed by atoms with Crippen LogP contribution in [-0.4, -0.2) is 23.0 Å². The van der Waals surface area contributed by atoms with E-state index in [1.807, 2.05) is 30.3 Å². The van der Waals surface area contributed by atoms with Crippen molar-refractivity contribution in [2.24, 2.45) is 11.3 Å². The molecule has 2 aliphatic carbocycles. The highest BCUT2D eigenvalue weighted by molar-refractivity contribution is 5.93. The maximum absolute atomic E-state index is 12.8. The summed E-state index contributed by atoms with van der Waals surface area (Å²) in [4.78, 5) is 23.6. The first-order chi connectivity index (χ1) is 9.87. The second-order valence-electron chi connectivity index (χ2n) is 7.01. The average Bonchev–Trinajstić information content (AvgIpc) is 2.98. The van der Waals surface area contributed by atoms with E-state index in [2.05, 4.69) is 19.2 Å². The number of hydrogen-bond acceptors (Lipinski definition) is 2. The van der Waals surface area contributed by atoms with Gasteiger partial charge in [-0.3, -0.25) is 9.59 Å². The minimum atomic E-state index is -0.759. The largest absolute Gasteiger partial charge is 0.481 e. The van der Waals surface area contributed by atoms with Gasteiger partial charge < -0.3 is 10.4 Å². The minimum absolute atomic E-state index is 0.00980. The molecule has 0 aliphatic heterocycles. The Labute approximate surface area is 124 Å². The van der Waals surface area contributed by atoms with Gasteiger partial charge in [0.2, 0.25) is 5.91 Å². The molecule has 3 rings (SSSR count). The van der Waals surface area contributed by atoms with Gasteiger partial charge in [-0.05, 0) is 30.2 Å². The zero-order chi connectivity index (χ0) is 15.3. The number of nitrogens with one attached hydrogen (secondary N) is 1. The van der Waals surface area contributed by atoms with Crippen LogP contribution in [0.15, 0.2) is 30.3 Å². The molecule has 21 heavy (non-hydrogen) atoms. The molecule has 2 fully saturated rings. The SMILES string of the molecule is CC1(C)CC1(C(=O)NC1CC(C(=O)O)C1)c1ccccc1. The number of carbonyl (C=O) groups excluding carboxylic acids is 1. The average molecular weight is 287 g/mol. The van der Waals surface area contributed by atoms with E-state index in [-0.39, 0.29) is 23.3 Å². The van der Waals surface area contributed by atoms with Gasteiger partial charge in [0.15, 0.2) is 0 Å². The Hall–Kier alpha value is -1.84. The molecule has 4 heteroatoms. The first-order valence-corrected chi connectivity index (χ1v) is 7.46. The van der Waals surface area contributed by atoms with E-state index < -0.39 is 11.4 Å². The Morgan fingerprint density at radius 2 is 1.76 bits per heavy atom. The van der Waals surface area contributed by atoms with Gasteiger partial charge in [-0.1, -0.05) is 44.2 Å². The van der Waals surface area contributed by atoms with Crippen LogP contribution in [0.2, 0.25) is 0 Å². The normalized spacial score (nSPS) is 32.9. The molecule has 1 amide bonds. The van der Waals surface area contributed by atoms with Crippen LogP contribution in [0.25, 0.3) is 0 Å². The predicted molar refractivity (Wildman–Crippen MR) is 78.8 cm³/mol. The topological polar surface area (TPSA) is 66.4 Å². The van der Waals surface area contributed by atoms with Gasteiger partial charge in [-0.25, -0.2) is 0 Å². The van der Waals surface area contributed by atoms with E-state index in [1.165, 1.54) is 0 Å². The van der Waals surface area contributed by atoms with Crippen LogP contribution >= 0.6 is 0 Å². The molecule has 0 aromatic heterocycles. The van der Waals surface area contributed by atoms with Crippen molar-refractivity contribution >= 4 is 11.9 Å². The summed E-state index contributed by atoms with van der Waals surface area (Å²) in [7, 11) is 0. The van der Waals surface area contributed by atoms with E-state index in [0.717, 1.165) is 12.0 Å². The number of aliphatic carboxylic acids is 1. The maximum Gasteiger partial charge on any atom is 0.306 e. The molecule has 0 spiro atoms. The predicted octanol–water partition coefficient (Wildman–Crippen LogP) is 2.33. The molecule has 0 bridgehead atoms. The number of benzene rings is 1. The monoisotopic (exact) mass is 287 g/mol. The van der Waals surface area contributed by atoms with Gasteiger partial charge in [0.25, 0.3) is 0 Å². The summed E-state index contributed by atoms with van der Waals surface area (Å²) < 4.78 is 0. The lowest BCUT2D eigenvalue weighted by Crippen LogP contribution is -2.50. The summed E-state index contributed by atoms with van der Waals surface area (Å²) in [6.07, 6.45) is 1.93. The zero-order valence-electron chi connectivity index (χ0n) is 12.4. The molecule has 2 aliphatic rings. The molecular formula is C17H21NO3. The van der Waals surface area contributed by atoms with E-state index in [0.29, 0.717) is 12.8 Å². The van der Waals surface area contributed by atoms with Crippen molar-refractivity contribution in [3.63, 3.8) is 0 Å². The summed E-state index contributed by atoms with van der Waals surface area (Å²) >= 11 is 0. The van der Waals surface area contributed by atoms with Gasteiger partial charge in [0.1, 0.15) is 0 Å². The first-order valence-electron chi connectivity index (χ1n) is 7.46. The van der Waals surface area contributed by atoms with Crippen LogP contribution in [0.3, 0.4) is 0 Å². The smallest absolute Gasteiger partial charge is 0.306 e. The van der Waals surface area contributed by atoms with Crippen molar-refractivity contribution in [1.29, 1.82) is 0 Å². The second-order valence-corrected chi connectivity index (χ2v) is 7.01. The fourth-order valence-corrected chi connectivity index (χ4v) is 3.60. The molecule has 4 nitrogen and oxygen atoms in total. The molecule has 2 saturated carbocycles. The van der Waals surface area contributed by atoms with Gasteiger partial charge in [-0.2, -0.15) is 0 Å². The minimum Gasteiger partial charge on any atom is -0.481 e. The van der Waals surface area contributed by atoms with Crippen molar-refractivity contribution in [2.75, 3.05) is 0 Å². The summed E-state index contributed by atoms with van der Waals surface area (Å²) in [6, 6.07) is 9.90. The first kappa shape index (κ1) is 14.1. The van der Waals surface area contributed by atoms with Crippen LogP contribution in [0, 0.1) is 11.3 Å². The molecule has 1 unspecified atom stereocenters. The third kappa shape index (κ3) is 2.13. The lowest BCUT2D eigenvalue weighted by molar-refractivity contribution is -0.146. The van der Waals surface area contributed by atoms with E-state index >= 15 is 0 Å². The standard InChI is InChI=1S/C17H21NO3/c1-16(2)10-17(16,12-6-4-3-5-7-12)15(21)18-13-8-11(9-13)14(19)20/h3-7,11,13H,8-10H2,1-2H3,(H,18,21)(H,19,20). The summed E-state index contributed by atoms with van der Waals surface area (Å²) in [5.41, 5.74) is 0.554. The van der Waals surface area contributed by atoms with E-state index in [9.17, 15) is 9.59 Å². The molecule has 1 aromatic carbocycles. The molecule has 1 aromatic rings. The Morgan fingerprint density at radius 1 is 1.19 bits per heavy atom. The third-order valence-corrected chi connectivity index (χ3v) is 5.21. The summed E-state index contributed by atoms with van der Waals surface area (Å²) in [5, 5.41) is 12.0. The highest BCUT2D eigenvalue weighted by Crippen LogP contribution is 2.64. The van der Waals surface area contributed by atoms with Crippen LogP contribution in [0.5, 0.6) is 0 Å². The number of carboxylic acids is 1. The Bertz CT molecular complexity index is 575. The number of rotatable bonds is 4. The maximum atomic E-state index is 12.8. The van der Waals surface area contributed by atoms with Crippen molar-refractivity contribution < 1.29 is 14.7 Å². The molecule has 0 saturated heterocycles. The highest BCUT2D eigenvalue weighted by Gasteiger charge is 2.67. The van der Waals surface area contributed by atoms with Crippen LogP contribution in [-0.2, 0) is 15.0 Å². The Balaban J connectivity index is 1.72. The van der Waals surface area contributed by atoms with Crippen molar-refractivity contribution in [3.8, 4) is 0 Å². The lowest BCUT2D eigenvalue weighted by atomic mass is 9.79. The number of hydrogen-bond donors (Lipinski definition) is 2. The van der Waals surface area contributed by atoms with Crippen LogP contribution < -0.4 is 5.32 Å². The lowest BCUT2D eigenvalue weighted by Gasteiger charge is -2.34. The molecular weight excluding hydrogens is 266 g/mol. The van der Waals surface area contributed by atoms with Gasteiger partial charge >= 0.3 is 5.97 Å². The fourth-order valence-electron chi connectivity index (χ4n) is 3.60. The second kappa shape index (κ2) is 4.58. The van der Waals surface area contributed by atoms with Crippen molar-refractivity contribution in [3.05, 3.63) is 35.9 Å². The molecule has 1 atom stereocenters. The number of carboxylic acid groups (broad SMARTS) is 1. The number of amides is 1. The van der Waals surface area contributed by atoms with Gasteiger partial charge in [0, 0.05) is 6.04 Å². The summed E-state index contributed by atoms with van der Waals surface area (Å²) in [6.45, 7) is 4.22. The van der Waals surface area contributed by atoms with Crippen LogP contribution in [0.1, 0.15) is 38.7 Å². The van der Waals surface area contributed by atoms with Crippen molar-refractivity contribution in [1.82, 2.24) is 5.32 Å². The highest BCUT2D eigenvalue weighted by atomic mass is 16.4. The Kier molecular flexibility index (Phi) is 3.08. The van der Waals surface area contributed by atoms with E-state index in [4.69, 9.17) is 5.11 Å². The number of carbonyl (C=O) groups is 2. The molecule has 0 radical (unpaired) electrons. The van der Waals surface area contributed by atoms with Gasteiger partial charge in [0.05, 0.1) is 11.3 Å². The molecule has 0 heterocycles. The third-order valence-electron chi connectivity index (χ3n) is 5.21. The fraction of sp³-hybridized carbons (Fsp3) is 0.529. The van der Waals surface area contributed by atoms with Crippen molar-refractivity contribution in [2.45, 2.75) is 44.6 Å². The van der Waals surface area contributed by atoms with E-state index in [1.54, 1.807) is 0 Å². The Morgan fingerprint density at radius 3 is 2.24 bits per heavy atom.